The Kier molecular flexibility index (Phi) is 6.08. The van der Waals surface area contributed by atoms with Crippen LogP contribution in [0.2, 0.25) is 10.0 Å². The second-order valence-electron chi connectivity index (χ2n) is 6.28. The SMILES string of the molecule is CCOC(=O)C1(F)CCN(C(=O)C=Cc2cc3ccsc3c(Cl)c2Cl)CC1. The molecule has 0 saturated carbocycles. The number of rotatable bonds is 4. The maximum absolute atomic E-state index is 14.6. The number of hydrogen-bond donors (Lipinski definition) is 0. The molecular formula is C19H18Cl2FNO3S. The number of esters is 1. The van der Waals surface area contributed by atoms with Gasteiger partial charge in [0, 0.05) is 32.0 Å². The van der Waals surface area contributed by atoms with Gasteiger partial charge in [0.25, 0.3) is 0 Å². The summed E-state index contributed by atoms with van der Waals surface area (Å²) in [5.74, 6) is -1.11. The van der Waals surface area contributed by atoms with Gasteiger partial charge in [-0.15, -0.1) is 11.3 Å². The Morgan fingerprint density at radius 2 is 2.04 bits per heavy atom. The Morgan fingerprint density at radius 1 is 1.33 bits per heavy atom. The van der Waals surface area contributed by atoms with E-state index < -0.39 is 11.6 Å². The van der Waals surface area contributed by atoms with Gasteiger partial charge in [-0.3, -0.25) is 4.79 Å². The molecule has 0 unspecified atom stereocenters. The number of carbonyl (C=O) groups is 2. The van der Waals surface area contributed by atoms with Crippen molar-refractivity contribution in [1.82, 2.24) is 4.90 Å². The first-order valence-electron chi connectivity index (χ1n) is 8.54. The Balaban J connectivity index is 1.68. The molecule has 27 heavy (non-hydrogen) atoms. The van der Waals surface area contributed by atoms with Gasteiger partial charge in [0.2, 0.25) is 11.6 Å². The number of halogens is 3. The van der Waals surface area contributed by atoms with Gasteiger partial charge in [-0.25, -0.2) is 9.18 Å². The summed E-state index contributed by atoms with van der Waals surface area (Å²) >= 11 is 14.1. The molecule has 0 N–H and O–H groups in total. The summed E-state index contributed by atoms with van der Waals surface area (Å²) in [5, 5.41) is 3.73. The Morgan fingerprint density at radius 3 is 2.70 bits per heavy atom. The molecule has 1 saturated heterocycles. The lowest BCUT2D eigenvalue weighted by molar-refractivity contribution is -0.161. The quantitative estimate of drug-likeness (QED) is 0.500. The van der Waals surface area contributed by atoms with E-state index in [0.717, 1.165) is 10.1 Å². The molecule has 1 aliphatic rings. The highest BCUT2D eigenvalue weighted by molar-refractivity contribution is 7.18. The molecule has 1 amide bonds. The van der Waals surface area contributed by atoms with Crippen LogP contribution >= 0.6 is 34.5 Å². The van der Waals surface area contributed by atoms with E-state index in [1.165, 1.54) is 22.3 Å². The van der Waals surface area contributed by atoms with Gasteiger partial charge in [0.15, 0.2) is 0 Å². The van der Waals surface area contributed by atoms with Crippen LogP contribution in [0.25, 0.3) is 16.2 Å². The fourth-order valence-corrected chi connectivity index (χ4v) is 4.44. The lowest BCUT2D eigenvalue weighted by Gasteiger charge is -2.34. The molecule has 2 aromatic rings. The predicted molar refractivity (Wildman–Crippen MR) is 107 cm³/mol. The highest BCUT2D eigenvalue weighted by Gasteiger charge is 2.43. The Hall–Kier alpha value is -1.63. The number of amides is 1. The van der Waals surface area contributed by atoms with Gasteiger partial charge < -0.3 is 9.64 Å². The number of ether oxygens (including phenoxy) is 1. The Bertz CT molecular complexity index is 904. The second-order valence-corrected chi connectivity index (χ2v) is 7.95. The van der Waals surface area contributed by atoms with E-state index in [0.29, 0.717) is 15.6 Å². The molecule has 8 heteroatoms. The van der Waals surface area contributed by atoms with Crippen LogP contribution < -0.4 is 0 Å². The van der Waals surface area contributed by atoms with Gasteiger partial charge in [-0.2, -0.15) is 0 Å². The molecule has 1 aromatic carbocycles. The maximum atomic E-state index is 14.6. The summed E-state index contributed by atoms with van der Waals surface area (Å²) in [7, 11) is 0. The van der Waals surface area contributed by atoms with E-state index in [1.807, 2.05) is 17.5 Å². The molecule has 3 rings (SSSR count). The normalized spacial score (nSPS) is 16.8. The first-order valence-corrected chi connectivity index (χ1v) is 10.2. The molecule has 144 valence electrons. The van der Waals surface area contributed by atoms with Crippen LogP contribution in [0.3, 0.4) is 0 Å². The Labute approximate surface area is 170 Å². The average Bonchev–Trinajstić information content (AvgIpc) is 3.12. The first-order chi connectivity index (χ1) is 12.9. The lowest BCUT2D eigenvalue weighted by atomic mass is 9.93. The molecule has 1 aromatic heterocycles. The van der Waals surface area contributed by atoms with Crippen molar-refractivity contribution in [2.24, 2.45) is 0 Å². The summed E-state index contributed by atoms with van der Waals surface area (Å²) < 4.78 is 20.3. The van der Waals surface area contributed by atoms with Gasteiger partial charge in [0.1, 0.15) is 0 Å². The number of likely N-dealkylation sites (tertiary alicyclic amines) is 1. The van der Waals surface area contributed by atoms with Gasteiger partial charge in [-0.05, 0) is 41.5 Å². The number of fused-ring (bicyclic) bond motifs is 1. The minimum absolute atomic E-state index is 0.0706. The van der Waals surface area contributed by atoms with E-state index in [1.54, 1.807) is 13.0 Å². The van der Waals surface area contributed by atoms with Gasteiger partial charge in [0.05, 0.1) is 21.4 Å². The van der Waals surface area contributed by atoms with E-state index in [9.17, 15) is 14.0 Å². The summed E-state index contributed by atoms with van der Waals surface area (Å²) in [4.78, 5) is 25.6. The number of thiophene rings is 1. The van der Waals surface area contributed by atoms with Crippen molar-refractivity contribution >= 4 is 62.6 Å². The molecule has 0 aliphatic carbocycles. The van der Waals surface area contributed by atoms with Crippen molar-refractivity contribution in [1.29, 1.82) is 0 Å². The third kappa shape index (κ3) is 4.13. The van der Waals surface area contributed by atoms with Crippen LogP contribution in [-0.2, 0) is 14.3 Å². The zero-order valence-electron chi connectivity index (χ0n) is 14.6. The predicted octanol–water partition coefficient (Wildman–Crippen LogP) is 5.12. The summed E-state index contributed by atoms with van der Waals surface area (Å²) in [5.41, 5.74) is -1.37. The third-order valence-corrected chi connectivity index (χ3v) is 6.51. The molecule has 4 nitrogen and oxygen atoms in total. The number of hydrogen-bond acceptors (Lipinski definition) is 4. The molecule has 1 fully saturated rings. The van der Waals surface area contributed by atoms with Crippen molar-refractivity contribution < 1.29 is 18.7 Å². The van der Waals surface area contributed by atoms with E-state index in [-0.39, 0.29) is 38.4 Å². The van der Waals surface area contributed by atoms with Crippen molar-refractivity contribution in [2.75, 3.05) is 19.7 Å². The lowest BCUT2D eigenvalue weighted by Crippen LogP contribution is -2.48. The minimum atomic E-state index is -2.02. The molecule has 0 radical (unpaired) electrons. The summed E-state index contributed by atoms with van der Waals surface area (Å²) in [6, 6.07) is 3.80. The maximum Gasteiger partial charge on any atom is 0.344 e. The molecule has 0 atom stereocenters. The minimum Gasteiger partial charge on any atom is -0.464 e. The standard InChI is InChI=1S/C19H18Cl2FNO3S/c1-2-26-18(25)19(22)6-8-23(9-7-19)14(24)4-3-12-11-13-5-10-27-17(13)16(21)15(12)20/h3-5,10-11H,2,6-9H2,1H3. The van der Waals surface area contributed by atoms with Crippen LogP contribution in [0.4, 0.5) is 4.39 Å². The van der Waals surface area contributed by atoms with Gasteiger partial charge in [-0.1, -0.05) is 23.2 Å². The van der Waals surface area contributed by atoms with Crippen LogP contribution in [0.1, 0.15) is 25.3 Å². The molecule has 2 heterocycles. The van der Waals surface area contributed by atoms with Crippen LogP contribution in [0, 0.1) is 0 Å². The van der Waals surface area contributed by atoms with E-state index in [2.05, 4.69) is 0 Å². The van der Waals surface area contributed by atoms with Crippen molar-refractivity contribution in [3.8, 4) is 0 Å². The fraction of sp³-hybridized carbons (Fsp3) is 0.368. The number of nitrogens with zero attached hydrogens (tertiary/aromatic N) is 1. The van der Waals surface area contributed by atoms with Crippen LogP contribution in [-0.4, -0.2) is 42.1 Å². The van der Waals surface area contributed by atoms with Crippen molar-refractivity contribution in [2.45, 2.75) is 25.4 Å². The molecule has 0 spiro atoms. The largest absolute Gasteiger partial charge is 0.464 e. The monoisotopic (exact) mass is 429 g/mol. The number of alkyl halides is 1. The molecule has 0 bridgehead atoms. The van der Waals surface area contributed by atoms with Crippen LogP contribution in [0.15, 0.2) is 23.6 Å². The zero-order chi connectivity index (χ0) is 19.6. The number of benzene rings is 1. The second kappa shape index (κ2) is 8.17. The zero-order valence-corrected chi connectivity index (χ0v) is 17.0. The van der Waals surface area contributed by atoms with Crippen molar-refractivity contribution in [3.63, 3.8) is 0 Å². The summed E-state index contributed by atoms with van der Waals surface area (Å²) in [6.07, 6.45) is 2.86. The average molecular weight is 430 g/mol. The van der Waals surface area contributed by atoms with Gasteiger partial charge >= 0.3 is 5.97 Å². The van der Waals surface area contributed by atoms with E-state index >= 15 is 0 Å². The molecule has 1 aliphatic heterocycles. The topological polar surface area (TPSA) is 46.6 Å². The highest BCUT2D eigenvalue weighted by Crippen LogP contribution is 2.37. The van der Waals surface area contributed by atoms with Crippen molar-refractivity contribution in [3.05, 3.63) is 39.2 Å². The smallest absolute Gasteiger partial charge is 0.344 e. The number of carbonyl (C=O) groups excluding carboxylic acids is 2. The number of piperidine rings is 1. The first kappa shape index (κ1) is 20.1. The summed E-state index contributed by atoms with van der Waals surface area (Å²) in [6.45, 7) is 2.07. The highest BCUT2D eigenvalue weighted by atomic mass is 35.5. The van der Waals surface area contributed by atoms with E-state index in [4.69, 9.17) is 27.9 Å². The van der Waals surface area contributed by atoms with Crippen LogP contribution in [0.5, 0.6) is 0 Å². The fourth-order valence-electron chi connectivity index (χ4n) is 3.00. The molecular weight excluding hydrogens is 412 g/mol. The third-order valence-electron chi connectivity index (χ3n) is 4.57.